The van der Waals surface area contributed by atoms with E-state index in [-0.39, 0.29) is 0 Å². The van der Waals surface area contributed by atoms with Crippen LogP contribution in [0.3, 0.4) is 0 Å². The van der Waals surface area contributed by atoms with Crippen molar-refractivity contribution < 1.29 is 8.94 Å². The van der Waals surface area contributed by atoms with Gasteiger partial charge in [-0.25, -0.2) is 0 Å². The average Bonchev–Trinajstić information content (AvgIpc) is 3.33. The summed E-state index contributed by atoms with van der Waals surface area (Å²) in [6, 6.07) is 11.1. The lowest BCUT2D eigenvalue weighted by Crippen LogP contribution is -2.39. The summed E-state index contributed by atoms with van der Waals surface area (Å²) in [5.41, 5.74) is 0.868. The number of hydrogen-bond acceptors (Lipinski definition) is 5. The summed E-state index contributed by atoms with van der Waals surface area (Å²) in [5.74, 6) is 2.77. The quantitative estimate of drug-likeness (QED) is 0.489. The number of halogens is 1. The fourth-order valence-electron chi connectivity index (χ4n) is 2.34. The molecule has 2 aromatic heterocycles. The molecule has 136 valence electrons. The Hall–Kier alpha value is -2.80. The molecule has 3 aromatic rings. The monoisotopic (exact) mass is 373 g/mol. The molecule has 0 atom stereocenters. The minimum absolute atomic E-state index is 0.553. The molecule has 7 nitrogen and oxygen atoms in total. The van der Waals surface area contributed by atoms with Crippen LogP contribution in [0, 0.1) is 0 Å². The summed E-state index contributed by atoms with van der Waals surface area (Å²) in [5, 5.41) is 11.1. The molecule has 2 heterocycles. The van der Waals surface area contributed by atoms with Crippen LogP contribution in [0.1, 0.15) is 11.7 Å². The maximum atomic E-state index is 5.89. The highest BCUT2D eigenvalue weighted by Gasteiger charge is 2.08. The molecule has 0 fully saturated rings. The van der Waals surface area contributed by atoms with E-state index in [4.69, 9.17) is 20.5 Å². The van der Waals surface area contributed by atoms with Crippen molar-refractivity contribution in [1.29, 1.82) is 0 Å². The summed E-state index contributed by atoms with van der Waals surface area (Å²) >= 11 is 5.89. The Labute approximate surface area is 156 Å². The van der Waals surface area contributed by atoms with Crippen LogP contribution < -0.4 is 10.6 Å². The van der Waals surface area contributed by atoms with Gasteiger partial charge in [-0.3, -0.25) is 4.99 Å². The van der Waals surface area contributed by atoms with Crippen LogP contribution in [0.4, 0.5) is 0 Å². The third kappa shape index (κ3) is 5.10. The molecule has 0 unspecified atom stereocenters. The summed E-state index contributed by atoms with van der Waals surface area (Å²) in [7, 11) is 1.73. The van der Waals surface area contributed by atoms with E-state index in [0.717, 1.165) is 24.3 Å². The molecule has 0 spiro atoms. The number of nitrogens with zero attached hydrogens (tertiary/aromatic N) is 3. The van der Waals surface area contributed by atoms with E-state index in [9.17, 15) is 0 Å². The predicted octanol–water partition coefficient (Wildman–Crippen LogP) is 2.93. The summed E-state index contributed by atoms with van der Waals surface area (Å²) in [6.45, 7) is 1.36. The van der Waals surface area contributed by atoms with Gasteiger partial charge in [0.25, 0.3) is 0 Å². The van der Waals surface area contributed by atoms with Gasteiger partial charge in [0.2, 0.25) is 11.7 Å². The molecule has 3 rings (SSSR count). The minimum atomic E-state index is 0.553. The zero-order valence-electron chi connectivity index (χ0n) is 14.4. The number of hydrogen-bond donors (Lipinski definition) is 2. The number of nitrogens with one attached hydrogen (secondary N) is 2. The molecule has 0 aliphatic carbocycles. The van der Waals surface area contributed by atoms with E-state index in [1.807, 2.05) is 24.3 Å². The van der Waals surface area contributed by atoms with Gasteiger partial charge >= 0.3 is 0 Å². The third-order valence-corrected chi connectivity index (χ3v) is 3.92. The van der Waals surface area contributed by atoms with E-state index in [2.05, 4.69) is 25.8 Å². The van der Waals surface area contributed by atoms with Gasteiger partial charge in [-0.2, -0.15) is 4.98 Å². The molecular formula is C18H20ClN5O2. The third-order valence-electron chi connectivity index (χ3n) is 3.67. The van der Waals surface area contributed by atoms with E-state index < -0.39 is 0 Å². The first kappa shape index (κ1) is 18.0. The Kier molecular flexibility index (Phi) is 6.27. The molecule has 0 aliphatic heterocycles. The minimum Gasteiger partial charge on any atom is -0.469 e. The van der Waals surface area contributed by atoms with Gasteiger partial charge in [-0.1, -0.05) is 16.8 Å². The van der Waals surface area contributed by atoms with E-state index in [1.54, 1.807) is 25.4 Å². The van der Waals surface area contributed by atoms with Crippen molar-refractivity contribution in [1.82, 2.24) is 20.8 Å². The van der Waals surface area contributed by atoms with Crippen molar-refractivity contribution in [3.63, 3.8) is 0 Å². The molecule has 0 aliphatic rings. The maximum absolute atomic E-state index is 5.89. The first-order valence-corrected chi connectivity index (χ1v) is 8.68. The van der Waals surface area contributed by atoms with Gasteiger partial charge in [0.05, 0.1) is 6.26 Å². The van der Waals surface area contributed by atoms with Crippen LogP contribution in [0.5, 0.6) is 0 Å². The molecular weight excluding hydrogens is 354 g/mol. The first-order valence-electron chi connectivity index (χ1n) is 8.30. The highest BCUT2D eigenvalue weighted by atomic mass is 35.5. The molecule has 0 saturated carbocycles. The second-order valence-electron chi connectivity index (χ2n) is 5.52. The zero-order valence-corrected chi connectivity index (χ0v) is 15.2. The summed E-state index contributed by atoms with van der Waals surface area (Å²) < 4.78 is 10.6. The lowest BCUT2D eigenvalue weighted by Gasteiger charge is -2.10. The maximum Gasteiger partial charge on any atom is 0.228 e. The molecule has 26 heavy (non-hydrogen) atoms. The zero-order chi connectivity index (χ0) is 18.2. The number of furan rings is 1. The average molecular weight is 374 g/mol. The van der Waals surface area contributed by atoms with Crippen molar-refractivity contribution in [3.05, 3.63) is 59.3 Å². The van der Waals surface area contributed by atoms with Crippen LogP contribution in [0.2, 0.25) is 5.02 Å². The van der Waals surface area contributed by atoms with Crippen LogP contribution in [0.25, 0.3) is 11.4 Å². The first-order chi connectivity index (χ1) is 12.7. The van der Waals surface area contributed by atoms with E-state index in [0.29, 0.717) is 35.7 Å². The standard InChI is InChI=1S/C18H20ClN5O2/c1-20-18(21-10-8-15-3-2-12-25-15)22-11-9-16-23-17(24-26-16)13-4-6-14(19)7-5-13/h2-7,12H,8-11H2,1H3,(H2,20,21,22). The van der Waals surface area contributed by atoms with E-state index >= 15 is 0 Å². The van der Waals surface area contributed by atoms with Crippen LogP contribution in [0.15, 0.2) is 56.6 Å². The summed E-state index contributed by atoms with van der Waals surface area (Å²) in [6.07, 6.45) is 3.06. The van der Waals surface area contributed by atoms with Crippen LogP contribution in [-0.2, 0) is 12.8 Å². The lowest BCUT2D eigenvalue weighted by molar-refractivity contribution is 0.378. The molecule has 8 heteroatoms. The Balaban J connectivity index is 1.43. The molecule has 0 amide bonds. The number of aliphatic imine (C=N–C) groups is 1. The van der Waals surface area contributed by atoms with Crippen molar-refractivity contribution >= 4 is 17.6 Å². The molecule has 2 N–H and O–H groups in total. The second kappa shape index (κ2) is 9.05. The Bertz CT molecular complexity index is 828. The number of aromatic nitrogens is 2. The Morgan fingerprint density at radius 1 is 1.12 bits per heavy atom. The molecule has 0 radical (unpaired) electrons. The van der Waals surface area contributed by atoms with Gasteiger partial charge in [0.15, 0.2) is 5.96 Å². The summed E-state index contributed by atoms with van der Waals surface area (Å²) in [4.78, 5) is 8.58. The van der Waals surface area contributed by atoms with E-state index in [1.165, 1.54) is 0 Å². The second-order valence-corrected chi connectivity index (χ2v) is 5.96. The highest BCUT2D eigenvalue weighted by Crippen LogP contribution is 2.18. The van der Waals surface area contributed by atoms with Crippen molar-refractivity contribution in [2.75, 3.05) is 20.1 Å². The predicted molar refractivity (Wildman–Crippen MR) is 100 cm³/mol. The van der Waals surface area contributed by atoms with Crippen LogP contribution >= 0.6 is 11.6 Å². The van der Waals surface area contributed by atoms with Gasteiger partial charge in [0.1, 0.15) is 5.76 Å². The topological polar surface area (TPSA) is 88.5 Å². The smallest absolute Gasteiger partial charge is 0.228 e. The normalized spacial score (nSPS) is 11.5. The fraction of sp³-hybridized carbons (Fsp3) is 0.278. The molecule has 1 aromatic carbocycles. The van der Waals surface area contributed by atoms with Crippen molar-refractivity contribution in [2.45, 2.75) is 12.8 Å². The van der Waals surface area contributed by atoms with Gasteiger partial charge < -0.3 is 19.6 Å². The van der Waals surface area contributed by atoms with Gasteiger partial charge in [-0.05, 0) is 36.4 Å². The number of benzene rings is 1. The Morgan fingerprint density at radius 3 is 2.58 bits per heavy atom. The molecule has 0 saturated heterocycles. The fourth-order valence-corrected chi connectivity index (χ4v) is 2.47. The van der Waals surface area contributed by atoms with Gasteiger partial charge in [0, 0.05) is 43.6 Å². The Morgan fingerprint density at radius 2 is 1.88 bits per heavy atom. The van der Waals surface area contributed by atoms with Crippen molar-refractivity contribution in [3.8, 4) is 11.4 Å². The van der Waals surface area contributed by atoms with Crippen LogP contribution in [-0.4, -0.2) is 36.2 Å². The lowest BCUT2D eigenvalue weighted by atomic mass is 10.2. The highest BCUT2D eigenvalue weighted by molar-refractivity contribution is 6.30. The van der Waals surface area contributed by atoms with Gasteiger partial charge in [-0.15, -0.1) is 0 Å². The number of rotatable bonds is 7. The van der Waals surface area contributed by atoms with Crippen molar-refractivity contribution in [2.24, 2.45) is 4.99 Å². The molecule has 0 bridgehead atoms. The number of guanidine groups is 1. The largest absolute Gasteiger partial charge is 0.469 e. The SMILES string of the molecule is CN=C(NCCc1ccco1)NCCc1nc(-c2ccc(Cl)cc2)no1.